The van der Waals surface area contributed by atoms with E-state index >= 15 is 0 Å². The van der Waals surface area contributed by atoms with E-state index in [9.17, 15) is 13.2 Å². The van der Waals surface area contributed by atoms with Crippen LogP contribution in [-0.4, -0.2) is 4.98 Å². The fourth-order valence-electron chi connectivity index (χ4n) is 1.28. The molecule has 0 radical (unpaired) electrons. The summed E-state index contributed by atoms with van der Waals surface area (Å²) in [5.74, 6) is 0. The highest BCUT2D eigenvalue weighted by Gasteiger charge is 2.34. The quantitative estimate of drug-likeness (QED) is 0.708. The number of halogens is 3. The third-order valence-corrected chi connectivity index (χ3v) is 2.23. The molecule has 88 valence electrons. The van der Waals surface area contributed by atoms with Crippen LogP contribution >= 0.6 is 0 Å². The lowest BCUT2D eigenvalue weighted by Crippen LogP contribution is -2.17. The van der Waals surface area contributed by atoms with Crippen LogP contribution in [0.15, 0.2) is 18.8 Å². The highest BCUT2D eigenvalue weighted by molar-refractivity contribution is 5.52. The maximum absolute atomic E-state index is 12.7. The van der Waals surface area contributed by atoms with Gasteiger partial charge in [-0.05, 0) is 6.07 Å². The Hall–Kier alpha value is -1.32. The van der Waals surface area contributed by atoms with Crippen molar-refractivity contribution >= 4 is 6.08 Å². The SMILES string of the molecule is C=Cc1cnc(C(C)(C)C)cc1C(F)(F)F. The molecule has 0 unspecified atom stereocenters. The number of aromatic nitrogens is 1. The Bertz CT molecular complexity index is 400. The minimum Gasteiger partial charge on any atom is -0.260 e. The molecule has 16 heavy (non-hydrogen) atoms. The van der Waals surface area contributed by atoms with Crippen molar-refractivity contribution in [2.75, 3.05) is 0 Å². The molecular weight excluding hydrogens is 215 g/mol. The molecule has 1 nitrogen and oxygen atoms in total. The first kappa shape index (κ1) is 12.7. The van der Waals surface area contributed by atoms with Crippen LogP contribution in [-0.2, 0) is 11.6 Å². The smallest absolute Gasteiger partial charge is 0.260 e. The number of rotatable bonds is 1. The molecule has 0 spiro atoms. The summed E-state index contributed by atoms with van der Waals surface area (Å²) in [5, 5.41) is 0. The summed E-state index contributed by atoms with van der Waals surface area (Å²) in [5.41, 5.74) is -0.645. The van der Waals surface area contributed by atoms with Crippen molar-refractivity contribution in [2.45, 2.75) is 32.4 Å². The molecule has 0 amide bonds. The number of pyridine rings is 1. The molecule has 4 heteroatoms. The van der Waals surface area contributed by atoms with Gasteiger partial charge in [0.25, 0.3) is 0 Å². The molecular formula is C12H14F3N. The van der Waals surface area contributed by atoms with E-state index in [0.29, 0.717) is 5.69 Å². The Balaban J connectivity index is 3.39. The molecule has 1 aromatic heterocycles. The van der Waals surface area contributed by atoms with E-state index in [4.69, 9.17) is 0 Å². The lowest BCUT2D eigenvalue weighted by atomic mass is 9.90. The zero-order valence-corrected chi connectivity index (χ0v) is 9.52. The summed E-state index contributed by atoms with van der Waals surface area (Å²) in [6.07, 6.45) is -1.98. The zero-order valence-electron chi connectivity index (χ0n) is 9.52. The second-order valence-electron chi connectivity index (χ2n) is 4.61. The number of alkyl halides is 3. The van der Waals surface area contributed by atoms with Crippen molar-refractivity contribution in [1.29, 1.82) is 0 Å². The predicted molar refractivity (Wildman–Crippen MR) is 58.0 cm³/mol. The monoisotopic (exact) mass is 229 g/mol. The highest BCUT2D eigenvalue weighted by Crippen LogP contribution is 2.34. The molecule has 0 aliphatic carbocycles. The molecule has 0 aliphatic heterocycles. The van der Waals surface area contributed by atoms with Gasteiger partial charge in [0.05, 0.1) is 5.56 Å². The first-order valence-electron chi connectivity index (χ1n) is 4.86. The molecule has 0 aliphatic rings. The first-order chi connectivity index (χ1) is 7.16. The number of hydrogen-bond acceptors (Lipinski definition) is 1. The summed E-state index contributed by atoms with van der Waals surface area (Å²) in [7, 11) is 0. The summed E-state index contributed by atoms with van der Waals surface area (Å²) in [4.78, 5) is 4.02. The second kappa shape index (κ2) is 3.92. The van der Waals surface area contributed by atoms with E-state index in [1.807, 2.05) is 20.8 Å². The van der Waals surface area contributed by atoms with Gasteiger partial charge in [-0.3, -0.25) is 4.98 Å². The fraction of sp³-hybridized carbons (Fsp3) is 0.417. The van der Waals surface area contributed by atoms with Crippen molar-refractivity contribution in [1.82, 2.24) is 4.98 Å². The van der Waals surface area contributed by atoms with E-state index in [0.717, 1.165) is 6.07 Å². The van der Waals surface area contributed by atoms with Gasteiger partial charge >= 0.3 is 6.18 Å². The van der Waals surface area contributed by atoms with Gasteiger partial charge in [0, 0.05) is 22.9 Å². The van der Waals surface area contributed by atoms with Crippen LogP contribution in [0.25, 0.3) is 6.08 Å². The van der Waals surface area contributed by atoms with Crippen LogP contribution in [0.4, 0.5) is 13.2 Å². The average molecular weight is 229 g/mol. The molecule has 0 N–H and O–H groups in total. The van der Waals surface area contributed by atoms with Gasteiger partial charge in [0.1, 0.15) is 0 Å². The molecule has 0 bridgehead atoms. The van der Waals surface area contributed by atoms with Gasteiger partial charge < -0.3 is 0 Å². The second-order valence-corrected chi connectivity index (χ2v) is 4.61. The lowest BCUT2D eigenvalue weighted by Gasteiger charge is -2.20. The predicted octanol–water partition coefficient (Wildman–Crippen LogP) is 4.04. The van der Waals surface area contributed by atoms with Gasteiger partial charge in [0.15, 0.2) is 0 Å². The third kappa shape index (κ3) is 2.62. The van der Waals surface area contributed by atoms with E-state index < -0.39 is 17.2 Å². The van der Waals surface area contributed by atoms with Gasteiger partial charge in [0.2, 0.25) is 0 Å². The Morgan fingerprint density at radius 2 is 1.81 bits per heavy atom. The van der Waals surface area contributed by atoms with Crippen LogP contribution in [0, 0.1) is 0 Å². The van der Waals surface area contributed by atoms with E-state index in [1.165, 1.54) is 12.3 Å². The van der Waals surface area contributed by atoms with Crippen molar-refractivity contribution < 1.29 is 13.2 Å². The summed E-state index contributed by atoms with van der Waals surface area (Å²) < 4.78 is 38.2. The molecule has 0 aromatic carbocycles. The number of hydrogen-bond donors (Lipinski definition) is 0. The van der Waals surface area contributed by atoms with Crippen molar-refractivity contribution in [3.8, 4) is 0 Å². The van der Waals surface area contributed by atoms with E-state index in [-0.39, 0.29) is 5.56 Å². The van der Waals surface area contributed by atoms with E-state index in [2.05, 4.69) is 11.6 Å². The number of nitrogens with zero attached hydrogens (tertiary/aromatic N) is 1. The normalized spacial score (nSPS) is 12.6. The largest absolute Gasteiger partial charge is 0.417 e. The molecule has 1 aromatic rings. The molecule has 0 saturated carbocycles. The Labute approximate surface area is 93.0 Å². The fourth-order valence-corrected chi connectivity index (χ4v) is 1.28. The minimum atomic E-state index is -4.37. The van der Waals surface area contributed by atoms with Crippen LogP contribution in [0.3, 0.4) is 0 Å². The maximum atomic E-state index is 12.7. The van der Waals surface area contributed by atoms with Crippen LogP contribution < -0.4 is 0 Å². The van der Waals surface area contributed by atoms with Gasteiger partial charge in [-0.25, -0.2) is 0 Å². The topological polar surface area (TPSA) is 12.9 Å². The summed E-state index contributed by atoms with van der Waals surface area (Å²) >= 11 is 0. The van der Waals surface area contributed by atoms with Gasteiger partial charge in [-0.2, -0.15) is 13.2 Å². The summed E-state index contributed by atoms with van der Waals surface area (Å²) in [6, 6.07) is 1.09. The summed E-state index contributed by atoms with van der Waals surface area (Å²) in [6.45, 7) is 8.82. The van der Waals surface area contributed by atoms with Gasteiger partial charge in [-0.1, -0.05) is 33.4 Å². The highest BCUT2D eigenvalue weighted by atomic mass is 19.4. The standard InChI is InChI=1S/C12H14F3N/c1-5-8-7-16-10(11(2,3)4)6-9(8)12(13,14)15/h5-7H,1H2,2-4H3. The minimum absolute atomic E-state index is 0.0144. The molecule has 1 rings (SSSR count). The van der Waals surface area contributed by atoms with Crippen molar-refractivity contribution in [2.24, 2.45) is 0 Å². The Morgan fingerprint density at radius 1 is 1.25 bits per heavy atom. The zero-order chi connectivity index (χ0) is 12.6. The van der Waals surface area contributed by atoms with Crippen molar-refractivity contribution in [3.05, 3.63) is 35.7 Å². The molecule has 0 saturated heterocycles. The third-order valence-electron chi connectivity index (χ3n) is 2.23. The first-order valence-corrected chi connectivity index (χ1v) is 4.86. The molecule has 0 fully saturated rings. The molecule has 1 heterocycles. The average Bonchev–Trinajstić information content (AvgIpc) is 2.14. The van der Waals surface area contributed by atoms with Crippen LogP contribution in [0.2, 0.25) is 0 Å². The Morgan fingerprint density at radius 3 is 2.19 bits per heavy atom. The molecule has 0 atom stereocenters. The van der Waals surface area contributed by atoms with E-state index in [1.54, 1.807) is 0 Å². The van der Waals surface area contributed by atoms with Crippen LogP contribution in [0.5, 0.6) is 0 Å². The Kier molecular flexibility index (Phi) is 3.13. The lowest BCUT2D eigenvalue weighted by molar-refractivity contribution is -0.137. The maximum Gasteiger partial charge on any atom is 0.417 e. The van der Waals surface area contributed by atoms with Gasteiger partial charge in [-0.15, -0.1) is 0 Å². The van der Waals surface area contributed by atoms with Crippen molar-refractivity contribution in [3.63, 3.8) is 0 Å². The van der Waals surface area contributed by atoms with Crippen LogP contribution in [0.1, 0.15) is 37.6 Å².